The van der Waals surface area contributed by atoms with Crippen LogP contribution >= 0.6 is 22.6 Å². The first-order valence-electron chi connectivity index (χ1n) is 5.48. The van der Waals surface area contributed by atoms with Crippen molar-refractivity contribution in [3.05, 3.63) is 45.3 Å². The van der Waals surface area contributed by atoms with Gasteiger partial charge >= 0.3 is 0 Å². The van der Waals surface area contributed by atoms with Crippen molar-refractivity contribution in [1.82, 2.24) is 9.97 Å². The third-order valence-corrected chi connectivity index (χ3v) is 3.28. The molecule has 1 aromatic heterocycles. The summed E-state index contributed by atoms with van der Waals surface area (Å²) in [5, 5.41) is 2.80. The van der Waals surface area contributed by atoms with Crippen LogP contribution in [0.15, 0.2) is 30.3 Å². The molecule has 98 valence electrons. The number of carbonyl (C=O) groups excluding carboxylic acids is 1. The molecule has 4 N–H and O–H groups in total. The lowest BCUT2D eigenvalue weighted by molar-refractivity contribution is 0.102. The van der Waals surface area contributed by atoms with Crippen LogP contribution in [-0.4, -0.2) is 15.9 Å². The van der Waals surface area contributed by atoms with Crippen LogP contribution in [0.5, 0.6) is 0 Å². The SMILES string of the molecule is Cc1cc(C(=O)Nc2ccccc2I)nc(NN)n1. The fraction of sp³-hybridized carbons (Fsp3) is 0.0833. The Kier molecular flexibility index (Phi) is 4.27. The van der Waals surface area contributed by atoms with Gasteiger partial charge in [-0.3, -0.25) is 10.2 Å². The summed E-state index contributed by atoms with van der Waals surface area (Å²) in [6.45, 7) is 1.77. The quantitative estimate of drug-likeness (QED) is 0.437. The minimum atomic E-state index is -0.300. The molecule has 0 aliphatic carbocycles. The second-order valence-corrected chi connectivity index (χ2v) is 4.96. The van der Waals surface area contributed by atoms with Gasteiger partial charge in [0.05, 0.1) is 5.69 Å². The highest BCUT2D eigenvalue weighted by Gasteiger charge is 2.11. The molecular weight excluding hydrogens is 357 g/mol. The van der Waals surface area contributed by atoms with Crippen molar-refractivity contribution in [3.63, 3.8) is 0 Å². The number of halogens is 1. The Hall–Kier alpha value is -1.74. The van der Waals surface area contributed by atoms with Crippen molar-refractivity contribution < 1.29 is 4.79 Å². The van der Waals surface area contributed by atoms with E-state index < -0.39 is 0 Å². The summed E-state index contributed by atoms with van der Waals surface area (Å²) in [5.74, 6) is 5.17. The number of aromatic nitrogens is 2. The lowest BCUT2D eigenvalue weighted by atomic mass is 10.3. The summed E-state index contributed by atoms with van der Waals surface area (Å²) in [6, 6.07) is 9.11. The number of hydrogen-bond acceptors (Lipinski definition) is 5. The molecule has 1 aromatic carbocycles. The number of nitrogen functional groups attached to an aromatic ring is 1. The van der Waals surface area contributed by atoms with Gasteiger partial charge in [-0.2, -0.15) is 0 Å². The van der Waals surface area contributed by atoms with Gasteiger partial charge in [0.1, 0.15) is 5.69 Å². The highest BCUT2D eigenvalue weighted by molar-refractivity contribution is 14.1. The Labute approximate surface area is 123 Å². The van der Waals surface area contributed by atoms with Gasteiger partial charge in [0.2, 0.25) is 5.95 Å². The van der Waals surface area contributed by atoms with E-state index in [1.54, 1.807) is 13.0 Å². The zero-order valence-electron chi connectivity index (χ0n) is 10.1. The van der Waals surface area contributed by atoms with Crippen LogP contribution in [0.1, 0.15) is 16.2 Å². The number of nitrogens with one attached hydrogen (secondary N) is 2. The van der Waals surface area contributed by atoms with E-state index in [2.05, 4.69) is 43.3 Å². The normalized spacial score (nSPS) is 10.1. The molecule has 0 aliphatic heterocycles. The molecule has 0 aliphatic rings. The van der Waals surface area contributed by atoms with Crippen LogP contribution in [0.25, 0.3) is 0 Å². The van der Waals surface area contributed by atoms with Crippen LogP contribution in [-0.2, 0) is 0 Å². The molecule has 6 nitrogen and oxygen atoms in total. The molecule has 0 saturated heterocycles. The highest BCUT2D eigenvalue weighted by atomic mass is 127. The highest BCUT2D eigenvalue weighted by Crippen LogP contribution is 2.17. The average molecular weight is 369 g/mol. The second kappa shape index (κ2) is 5.93. The number of nitrogens with two attached hydrogens (primary N) is 1. The van der Waals surface area contributed by atoms with Gasteiger partial charge < -0.3 is 5.32 Å². The zero-order valence-corrected chi connectivity index (χ0v) is 12.3. The molecule has 2 rings (SSSR count). The smallest absolute Gasteiger partial charge is 0.274 e. The molecule has 2 aromatic rings. The van der Waals surface area contributed by atoms with Gasteiger partial charge in [-0.25, -0.2) is 15.8 Å². The number of nitrogens with zero attached hydrogens (tertiary/aromatic N) is 2. The van der Waals surface area contributed by atoms with Crippen molar-refractivity contribution >= 4 is 40.1 Å². The molecule has 0 atom stereocenters. The molecule has 0 fully saturated rings. The first kappa shape index (κ1) is 13.7. The van der Waals surface area contributed by atoms with Gasteiger partial charge in [0.15, 0.2) is 0 Å². The van der Waals surface area contributed by atoms with E-state index >= 15 is 0 Å². The monoisotopic (exact) mass is 369 g/mol. The average Bonchev–Trinajstić information content (AvgIpc) is 2.40. The first-order valence-corrected chi connectivity index (χ1v) is 6.56. The minimum absolute atomic E-state index is 0.216. The maximum Gasteiger partial charge on any atom is 0.274 e. The molecule has 19 heavy (non-hydrogen) atoms. The predicted octanol–water partition coefficient (Wildman–Crippen LogP) is 1.93. The van der Waals surface area contributed by atoms with Gasteiger partial charge in [-0.1, -0.05) is 12.1 Å². The number of benzene rings is 1. The summed E-state index contributed by atoms with van der Waals surface area (Å²) in [6.07, 6.45) is 0. The number of aryl methyl sites for hydroxylation is 1. The van der Waals surface area contributed by atoms with Gasteiger partial charge in [-0.05, 0) is 47.7 Å². The topological polar surface area (TPSA) is 92.9 Å². The van der Waals surface area contributed by atoms with Crippen LogP contribution in [0, 0.1) is 10.5 Å². The Morgan fingerprint density at radius 1 is 1.32 bits per heavy atom. The number of hydrazine groups is 1. The number of amides is 1. The number of para-hydroxylation sites is 1. The molecule has 0 bridgehead atoms. The fourth-order valence-electron chi connectivity index (χ4n) is 1.50. The third kappa shape index (κ3) is 3.38. The summed E-state index contributed by atoms with van der Waals surface area (Å²) < 4.78 is 0.955. The maximum absolute atomic E-state index is 12.1. The van der Waals surface area contributed by atoms with Crippen LogP contribution in [0.4, 0.5) is 11.6 Å². The standard InChI is InChI=1S/C12H12IN5O/c1-7-6-10(17-12(15-7)18-14)11(19)16-9-5-3-2-4-8(9)13/h2-6H,14H2,1H3,(H,16,19)(H,15,17,18). The Balaban J connectivity index is 2.25. The molecule has 1 heterocycles. The summed E-state index contributed by atoms with van der Waals surface area (Å²) in [5.41, 5.74) is 4.00. The Morgan fingerprint density at radius 3 is 2.74 bits per heavy atom. The Bertz CT molecular complexity index is 617. The second-order valence-electron chi connectivity index (χ2n) is 3.80. The number of rotatable bonds is 3. The molecular formula is C12H12IN5O. The van der Waals surface area contributed by atoms with E-state index in [9.17, 15) is 4.79 Å². The van der Waals surface area contributed by atoms with E-state index in [0.29, 0.717) is 5.69 Å². The van der Waals surface area contributed by atoms with Crippen molar-refractivity contribution in [2.75, 3.05) is 10.7 Å². The molecule has 0 radical (unpaired) electrons. The van der Waals surface area contributed by atoms with Crippen molar-refractivity contribution in [1.29, 1.82) is 0 Å². The lowest BCUT2D eigenvalue weighted by Crippen LogP contribution is -2.18. The van der Waals surface area contributed by atoms with E-state index in [1.165, 1.54) is 0 Å². The van der Waals surface area contributed by atoms with Gasteiger partial charge in [-0.15, -0.1) is 0 Å². The summed E-state index contributed by atoms with van der Waals surface area (Å²) in [7, 11) is 0. The van der Waals surface area contributed by atoms with E-state index in [-0.39, 0.29) is 17.5 Å². The van der Waals surface area contributed by atoms with E-state index in [0.717, 1.165) is 9.26 Å². The summed E-state index contributed by atoms with van der Waals surface area (Å²) >= 11 is 2.15. The number of carbonyl (C=O) groups is 1. The Morgan fingerprint density at radius 2 is 2.05 bits per heavy atom. The van der Waals surface area contributed by atoms with Crippen molar-refractivity contribution in [2.45, 2.75) is 6.92 Å². The first-order chi connectivity index (χ1) is 9.10. The van der Waals surface area contributed by atoms with E-state index in [1.807, 2.05) is 24.3 Å². The molecule has 0 saturated carbocycles. The third-order valence-electron chi connectivity index (χ3n) is 2.34. The van der Waals surface area contributed by atoms with Crippen molar-refractivity contribution in [2.24, 2.45) is 5.84 Å². The van der Waals surface area contributed by atoms with Gasteiger partial charge in [0.25, 0.3) is 5.91 Å². The number of hydrogen-bond donors (Lipinski definition) is 3. The largest absolute Gasteiger partial charge is 0.320 e. The predicted molar refractivity (Wildman–Crippen MR) is 81.7 cm³/mol. The zero-order chi connectivity index (χ0) is 13.8. The minimum Gasteiger partial charge on any atom is -0.320 e. The number of anilines is 2. The van der Waals surface area contributed by atoms with E-state index in [4.69, 9.17) is 5.84 Å². The molecule has 1 amide bonds. The molecule has 0 unspecified atom stereocenters. The lowest BCUT2D eigenvalue weighted by Gasteiger charge is -2.08. The van der Waals surface area contributed by atoms with Crippen LogP contribution in [0.3, 0.4) is 0 Å². The van der Waals surface area contributed by atoms with Crippen LogP contribution in [0.2, 0.25) is 0 Å². The fourth-order valence-corrected chi connectivity index (χ4v) is 2.02. The summed E-state index contributed by atoms with van der Waals surface area (Å²) in [4.78, 5) is 20.2. The van der Waals surface area contributed by atoms with Crippen molar-refractivity contribution in [3.8, 4) is 0 Å². The molecule has 0 spiro atoms. The molecule has 7 heteroatoms. The van der Waals surface area contributed by atoms with Gasteiger partial charge in [0, 0.05) is 9.26 Å². The maximum atomic E-state index is 12.1. The van der Waals surface area contributed by atoms with Crippen LogP contribution < -0.4 is 16.6 Å².